The number of benzene rings is 1. The molecule has 1 atom stereocenters. The van der Waals surface area contributed by atoms with E-state index in [-0.39, 0.29) is 33.2 Å². The molecular formula is C11H12Cl3NO4S. The summed E-state index contributed by atoms with van der Waals surface area (Å²) < 4.78 is 27.7. The predicted octanol–water partition coefficient (Wildman–Crippen LogP) is 2.69. The summed E-state index contributed by atoms with van der Waals surface area (Å²) in [5.41, 5.74) is -0.140. The maximum Gasteiger partial charge on any atom is 0.262 e. The van der Waals surface area contributed by atoms with Crippen LogP contribution in [0.25, 0.3) is 0 Å². The minimum Gasteiger partial charge on any atom is -0.380 e. The molecule has 20 heavy (non-hydrogen) atoms. The monoisotopic (exact) mass is 359 g/mol. The third kappa shape index (κ3) is 4.23. The number of rotatable bonds is 5. The molecule has 1 N–H and O–H groups in total. The van der Waals surface area contributed by atoms with Crippen LogP contribution in [0.1, 0.15) is 17.3 Å². The van der Waals surface area contributed by atoms with E-state index in [1.54, 1.807) is 6.92 Å². The van der Waals surface area contributed by atoms with Crippen LogP contribution in [-0.4, -0.2) is 34.1 Å². The number of carbonyl (C=O) groups excluding carboxylic acids is 1. The van der Waals surface area contributed by atoms with Crippen LogP contribution in [0.15, 0.2) is 17.0 Å². The molecular weight excluding hydrogens is 349 g/mol. The van der Waals surface area contributed by atoms with Gasteiger partial charge < -0.3 is 10.1 Å². The van der Waals surface area contributed by atoms with Crippen molar-refractivity contribution < 1.29 is 17.9 Å². The third-order valence-corrected chi connectivity index (χ3v) is 4.68. The van der Waals surface area contributed by atoms with Gasteiger partial charge in [-0.2, -0.15) is 0 Å². The van der Waals surface area contributed by atoms with Crippen molar-refractivity contribution in [3.8, 4) is 0 Å². The zero-order valence-electron chi connectivity index (χ0n) is 10.6. The summed E-state index contributed by atoms with van der Waals surface area (Å²) in [4.78, 5) is 11.6. The van der Waals surface area contributed by atoms with Crippen molar-refractivity contribution in [3.63, 3.8) is 0 Å². The zero-order chi connectivity index (χ0) is 15.5. The lowest BCUT2D eigenvalue weighted by Crippen LogP contribution is -2.32. The number of methoxy groups -OCH3 is 1. The molecule has 1 amide bonds. The molecule has 9 heteroatoms. The molecule has 0 heterocycles. The Bertz CT molecular complexity index is 618. The van der Waals surface area contributed by atoms with E-state index >= 15 is 0 Å². The van der Waals surface area contributed by atoms with Crippen molar-refractivity contribution in [2.45, 2.75) is 17.9 Å². The Balaban J connectivity index is 3.15. The summed E-state index contributed by atoms with van der Waals surface area (Å²) in [7, 11) is 2.67. The Morgan fingerprint density at radius 1 is 1.40 bits per heavy atom. The third-order valence-electron chi connectivity index (χ3n) is 2.50. The van der Waals surface area contributed by atoms with Gasteiger partial charge in [0.25, 0.3) is 15.0 Å². The minimum absolute atomic E-state index is 0.0293. The van der Waals surface area contributed by atoms with E-state index < -0.39 is 15.0 Å². The van der Waals surface area contributed by atoms with Crippen LogP contribution in [0.4, 0.5) is 0 Å². The fourth-order valence-electron chi connectivity index (χ4n) is 1.34. The molecule has 0 aromatic heterocycles. The maximum absolute atomic E-state index is 12.0. The first-order valence-corrected chi connectivity index (χ1v) is 8.48. The van der Waals surface area contributed by atoms with Gasteiger partial charge in [0, 0.05) is 24.3 Å². The molecule has 0 bridgehead atoms. The molecule has 1 aromatic carbocycles. The van der Waals surface area contributed by atoms with Crippen LogP contribution >= 0.6 is 33.9 Å². The van der Waals surface area contributed by atoms with Gasteiger partial charge in [0.05, 0.1) is 21.7 Å². The molecule has 0 fully saturated rings. The molecule has 5 nitrogen and oxygen atoms in total. The minimum atomic E-state index is -4.07. The highest BCUT2D eigenvalue weighted by molar-refractivity contribution is 8.13. The normalized spacial score (nSPS) is 13.1. The molecule has 1 rings (SSSR count). The number of hydrogen-bond acceptors (Lipinski definition) is 4. The first-order chi connectivity index (χ1) is 9.18. The molecule has 1 unspecified atom stereocenters. The van der Waals surface area contributed by atoms with Crippen molar-refractivity contribution in [2.75, 3.05) is 13.7 Å². The molecule has 0 aliphatic carbocycles. The topological polar surface area (TPSA) is 72.5 Å². The van der Waals surface area contributed by atoms with Gasteiger partial charge >= 0.3 is 0 Å². The molecule has 0 saturated carbocycles. The Hall–Kier alpha value is -0.530. The standard InChI is InChI=1S/C11H12Cl3NO4S/c1-6(19-2)5-15-11(16)9-7(12)3-4-8(10(9)13)20(14,17)18/h3-4,6H,5H2,1-2H3,(H,15,16). The quantitative estimate of drug-likeness (QED) is 0.819. The van der Waals surface area contributed by atoms with Gasteiger partial charge in [-0.25, -0.2) is 8.42 Å². The summed E-state index contributed by atoms with van der Waals surface area (Å²) in [6, 6.07) is 2.39. The highest BCUT2D eigenvalue weighted by Gasteiger charge is 2.23. The average Bonchev–Trinajstić information content (AvgIpc) is 2.34. The van der Waals surface area contributed by atoms with Crippen LogP contribution < -0.4 is 5.32 Å². The van der Waals surface area contributed by atoms with Crippen LogP contribution in [0, 0.1) is 0 Å². The fourth-order valence-corrected chi connectivity index (χ4v) is 3.24. The average molecular weight is 361 g/mol. The first-order valence-electron chi connectivity index (χ1n) is 5.42. The van der Waals surface area contributed by atoms with Gasteiger partial charge in [-0.15, -0.1) is 0 Å². The van der Waals surface area contributed by atoms with E-state index in [9.17, 15) is 13.2 Å². The highest BCUT2D eigenvalue weighted by Crippen LogP contribution is 2.32. The largest absolute Gasteiger partial charge is 0.380 e. The zero-order valence-corrected chi connectivity index (χ0v) is 13.7. The second-order valence-corrected chi connectivity index (χ2v) is 7.25. The van der Waals surface area contributed by atoms with Crippen molar-refractivity contribution in [2.24, 2.45) is 0 Å². The smallest absolute Gasteiger partial charge is 0.262 e. The lowest BCUT2D eigenvalue weighted by Gasteiger charge is -2.13. The summed E-state index contributed by atoms with van der Waals surface area (Å²) in [6.07, 6.45) is -0.212. The molecule has 1 aromatic rings. The van der Waals surface area contributed by atoms with Crippen molar-refractivity contribution >= 4 is 48.8 Å². The number of nitrogens with one attached hydrogen (secondary N) is 1. The Morgan fingerprint density at radius 2 is 2.00 bits per heavy atom. The van der Waals surface area contributed by atoms with Crippen molar-refractivity contribution in [1.29, 1.82) is 0 Å². The van der Waals surface area contributed by atoms with E-state index in [1.165, 1.54) is 13.2 Å². The van der Waals surface area contributed by atoms with Crippen molar-refractivity contribution in [3.05, 3.63) is 27.7 Å². The summed E-state index contributed by atoms with van der Waals surface area (Å²) in [5.74, 6) is -0.605. The number of hydrogen-bond donors (Lipinski definition) is 1. The summed E-state index contributed by atoms with van der Waals surface area (Å²) in [6.45, 7) is 1.98. The van der Waals surface area contributed by atoms with Gasteiger partial charge in [0.2, 0.25) is 0 Å². The van der Waals surface area contributed by atoms with Crippen LogP contribution in [0.2, 0.25) is 10.0 Å². The van der Waals surface area contributed by atoms with Crippen LogP contribution in [0.5, 0.6) is 0 Å². The Labute approximate surface area is 131 Å². The molecule has 112 valence electrons. The number of halogens is 3. The summed E-state index contributed by atoms with van der Waals surface area (Å²) >= 11 is 11.8. The van der Waals surface area contributed by atoms with E-state index in [0.717, 1.165) is 6.07 Å². The SMILES string of the molecule is COC(C)CNC(=O)c1c(Cl)ccc(S(=O)(=O)Cl)c1Cl. The molecule has 0 saturated heterocycles. The molecule has 0 radical (unpaired) electrons. The number of amides is 1. The lowest BCUT2D eigenvalue weighted by molar-refractivity contribution is 0.0870. The summed E-state index contributed by atoms with van der Waals surface area (Å²) in [5, 5.41) is 2.26. The fraction of sp³-hybridized carbons (Fsp3) is 0.364. The van der Waals surface area contributed by atoms with Crippen LogP contribution in [-0.2, 0) is 13.8 Å². The lowest BCUT2D eigenvalue weighted by atomic mass is 10.2. The Kier molecular flexibility index (Phi) is 6.09. The predicted molar refractivity (Wildman–Crippen MR) is 78.3 cm³/mol. The highest BCUT2D eigenvalue weighted by atomic mass is 35.7. The van der Waals surface area contributed by atoms with Crippen molar-refractivity contribution in [1.82, 2.24) is 5.32 Å². The second kappa shape index (κ2) is 6.95. The number of carbonyl (C=O) groups is 1. The van der Waals surface area contributed by atoms with E-state index in [2.05, 4.69) is 5.32 Å². The molecule has 0 aliphatic rings. The second-order valence-electron chi connectivity index (χ2n) is 3.93. The maximum atomic E-state index is 12.0. The van der Waals surface area contributed by atoms with Gasteiger partial charge in [-0.05, 0) is 19.1 Å². The van der Waals surface area contributed by atoms with Gasteiger partial charge in [-0.3, -0.25) is 4.79 Å². The molecule has 0 aliphatic heterocycles. The van der Waals surface area contributed by atoms with E-state index in [4.69, 9.17) is 38.6 Å². The van der Waals surface area contributed by atoms with Crippen LogP contribution in [0.3, 0.4) is 0 Å². The van der Waals surface area contributed by atoms with E-state index in [0.29, 0.717) is 0 Å². The van der Waals surface area contributed by atoms with Gasteiger partial charge in [0.15, 0.2) is 0 Å². The Morgan fingerprint density at radius 3 is 2.50 bits per heavy atom. The van der Waals surface area contributed by atoms with Gasteiger partial charge in [-0.1, -0.05) is 23.2 Å². The van der Waals surface area contributed by atoms with Gasteiger partial charge in [0.1, 0.15) is 4.90 Å². The molecule has 0 spiro atoms. The first kappa shape index (κ1) is 17.5. The number of ether oxygens (including phenoxy) is 1. The van der Waals surface area contributed by atoms with E-state index in [1.807, 2.05) is 0 Å².